The predicted octanol–water partition coefficient (Wildman–Crippen LogP) is 2.34. The minimum atomic E-state index is 0.149. The van der Waals surface area contributed by atoms with Crippen molar-refractivity contribution >= 4 is 13.6 Å². The molecule has 1 rings (SSSR count). The summed E-state index contributed by atoms with van der Waals surface area (Å²) >= 11 is 0. The molecule has 0 bridgehead atoms. The molecule has 0 saturated heterocycles. The fraction of sp³-hybridized carbons (Fsp3) is 0.500. The fourth-order valence-electron chi connectivity index (χ4n) is 1.24. The standard InChI is InChI=1S/C11H13BO.C3H9N/c12-9-11(13)8-4-7-10-5-2-1-3-6-10;1-4(2)3/h1-3,5-6H,4,7-9H2;1-3H3. The van der Waals surface area contributed by atoms with Gasteiger partial charge in [-0.15, -0.1) is 0 Å². The quantitative estimate of drug-likeness (QED) is 0.725. The van der Waals surface area contributed by atoms with Gasteiger partial charge in [-0.3, -0.25) is 0 Å². The van der Waals surface area contributed by atoms with Crippen LogP contribution >= 0.6 is 0 Å². The van der Waals surface area contributed by atoms with Crippen LogP contribution in [0.25, 0.3) is 0 Å². The third kappa shape index (κ3) is 11.2. The van der Waals surface area contributed by atoms with E-state index in [1.54, 1.807) is 0 Å². The lowest BCUT2D eigenvalue weighted by Crippen LogP contribution is -1.99. The third-order valence-electron chi connectivity index (χ3n) is 1.99. The molecule has 0 aliphatic carbocycles. The molecule has 2 radical (unpaired) electrons. The highest BCUT2D eigenvalue weighted by Crippen LogP contribution is 2.05. The summed E-state index contributed by atoms with van der Waals surface area (Å²) in [5.41, 5.74) is 1.28. The average Bonchev–Trinajstić information content (AvgIpc) is 2.29. The van der Waals surface area contributed by atoms with Crippen molar-refractivity contribution in [2.45, 2.75) is 25.6 Å². The highest BCUT2D eigenvalue weighted by molar-refractivity contribution is 6.20. The number of hydrogen-bond donors (Lipinski definition) is 0. The Morgan fingerprint density at radius 3 is 2.18 bits per heavy atom. The number of hydrogen-bond acceptors (Lipinski definition) is 2. The maximum atomic E-state index is 10.9. The maximum absolute atomic E-state index is 10.9. The van der Waals surface area contributed by atoms with Gasteiger partial charge in [0.25, 0.3) is 0 Å². The fourth-order valence-corrected chi connectivity index (χ4v) is 1.24. The van der Waals surface area contributed by atoms with Gasteiger partial charge in [-0.05, 0) is 45.9 Å². The van der Waals surface area contributed by atoms with Gasteiger partial charge in [0, 0.05) is 6.42 Å². The molecule has 0 aromatic heterocycles. The van der Waals surface area contributed by atoms with E-state index in [4.69, 9.17) is 7.85 Å². The molecular formula is C14H22BNO. The number of Topliss-reactive ketones (excluding diaryl/α,β-unsaturated/α-hetero) is 1. The summed E-state index contributed by atoms with van der Waals surface area (Å²) in [4.78, 5) is 12.9. The lowest BCUT2D eigenvalue weighted by Gasteiger charge is -1.99. The van der Waals surface area contributed by atoms with Gasteiger partial charge < -0.3 is 9.69 Å². The minimum Gasteiger partial charge on any atom is -0.312 e. The number of aryl methyl sites for hydroxylation is 1. The summed E-state index contributed by atoms with van der Waals surface area (Å²) in [5, 5.41) is 0. The second kappa shape index (κ2) is 10.1. The SMILES string of the molecule is CN(C)C.[B]CC(=O)CCCc1ccccc1. The summed E-state index contributed by atoms with van der Waals surface area (Å²) in [6.07, 6.45) is 2.65. The average molecular weight is 231 g/mol. The van der Waals surface area contributed by atoms with E-state index in [2.05, 4.69) is 12.1 Å². The van der Waals surface area contributed by atoms with E-state index in [0.29, 0.717) is 6.42 Å². The monoisotopic (exact) mass is 231 g/mol. The second-order valence-electron chi connectivity index (χ2n) is 4.42. The van der Waals surface area contributed by atoms with Crippen molar-refractivity contribution in [2.24, 2.45) is 0 Å². The zero-order chi connectivity index (χ0) is 13.1. The number of carbonyl (C=O) groups excluding carboxylic acids is 1. The Hall–Kier alpha value is -1.09. The van der Waals surface area contributed by atoms with Crippen molar-refractivity contribution in [1.82, 2.24) is 4.90 Å². The molecule has 0 N–H and O–H groups in total. The van der Waals surface area contributed by atoms with Crippen LogP contribution in [0.4, 0.5) is 0 Å². The van der Waals surface area contributed by atoms with Crippen molar-refractivity contribution in [2.75, 3.05) is 21.1 Å². The minimum absolute atomic E-state index is 0.149. The first kappa shape index (κ1) is 15.9. The normalized spacial score (nSPS) is 9.65. The summed E-state index contributed by atoms with van der Waals surface area (Å²) in [6, 6.07) is 10.2. The molecule has 92 valence electrons. The van der Waals surface area contributed by atoms with E-state index in [-0.39, 0.29) is 12.1 Å². The number of nitrogens with zero attached hydrogens (tertiary/aromatic N) is 1. The van der Waals surface area contributed by atoms with Crippen LogP contribution in [-0.2, 0) is 11.2 Å². The highest BCUT2D eigenvalue weighted by Gasteiger charge is 1.97. The van der Waals surface area contributed by atoms with E-state index in [1.165, 1.54) is 5.56 Å². The van der Waals surface area contributed by atoms with Gasteiger partial charge in [-0.2, -0.15) is 0 Å². The molecule has 0 fully saturated rings. The number of ketones is 1. The highest BCUT2D eigenvalue weighted by atomic mass is 16.1. The number of carbonyl (C=O) groups is 1. The van der Waals surface area contributed by atoms with Gasteiger partial charge in [0.1, 0.15) is 5.78 Å². The Morgan fingerprint density at radius 2 is 1.71 bits per heavy atom. The van der Waals surface area contributed by atoms with E-state index >= 15 is 0 Å². The Kier molecular flexibility index (Phi) is 9.45. The molecule has 1 aromatic rings. The third-order valence-corrected chi connectivity index (χ3v) is 1.99. The largest absolute Gasteiger partial charge is 0.312 e. The topological polar surface area (TPSA) is 20.3 Å². The molecule has 17 heavy (non-hydrogen) atoms. The Bertz CT molecular complexity index is 296. The van der Waals surface area contributed by atoms with Crippen LogP contribution in [0, 0.1) is 0 Å². The van der Waals surface area contributed by atoms with Crippen LogP contribution in [0.1, 0.15) is 18.4 Å². The van der Waals surface area contributed by atoms with Crippen molar-refractivity contribution < 1.29 is 4.79 Å². The van der Waals surface area contributed by atoms with Gasteiger partial charge >= 0.3 is 0 Å². The molecule has 0 amide bonds. The molecule has 1 aromatic carbocycles. The molecule has 0 aliphatic rings. The summed E-state index contributed by atoms with van der Waals surface area (Å²) in [6.45, 7) is 0. The zero-order valence-corrected chi connectivity index (χ0v) is 11.1. The van der Waals surface area contributed by atoms with E-state index in [1.807, 2.05) is 44.2 Å². The summed E-state index contributed by atoms with van der Waals surface area (Å²) in [5.74, 6) is 0.149. The number of rotatable bonds is 5. The van der Waals surface area contributed by atoms with Crippen LogP contribution in [0.2, 0.25) is 6.32 Å². The second-order valence-corrected chi connectivity index (χ2v) is 4.42. The zero-order valence-electron chi connectivity index (χ0n) is 11.1. The molecule has 2 nitrogen and oxygen atoms in total. The Labute approximate surface area is 106 Å². The molecule has 0 saturated carbocycles. The van der Waals surface area contributed by atoms with Crippen LogP contribution in [0.15, 0.2) is 30.3 Å². The maximum Gasteiger partial charge on any atom is 0.124 e. The van der Waals surface area contributed by atoms with Crippen molar-refractivity contribution in [1.29, 1.82) is 0 Å². The van der Waals surface area contributed by atoms with Gasteiger partial charge in [0.05, 0.1) is 7.85 Å². The summed E-state index contributed by atoms with van der Waals surface area (Å²) < 4.78 is 0. The van der Waals surface area contributed by atoms with E-state index in [9.17, 15) is 4.79 Å². The van der Waals surface area contributed by atoms with Crippen LogP contribution in [-0.4, -0.2) is 39.7 Å². The van der Waals surface area contributed by atoms with Crippen molar-refractivity contribution in [3.05, 3.63) is 35.9 Å². The van der Waals surface area contributed by atoms with Crippen LogP contribution in [0.5, 0.6) is 0 Å². The number of benzene rings is 1. The first-order chi connectivity index (χ1) is 8.06. The van der Waals surface area contributed by atoms with Crippen molar-refractivity contribution in [3.8, 4) is 0 Å². The molecule has 3 heteroatoms. The molecule has 0 atom stereocenters. The van der Waals surface area contributed by atoms with Crippen LogP contribution in [0.3, 0.4) is 0 Å². The van der Waals surface area contributed by atoms with Crippen molar-refractivity contribution in [3.63, 3.8) is 0 Å². The first-order valence-corrected chi connectivity index (χ1v) is 5.93. The molecule has 0 aliphatic heterocycles. The lowest BCUT2D eigenvalue weighted by molar-refractivity contribution is -0.117. The lowest BCUT2D eigenvalue weighted by atomic mass is 9.96. The summed E-state index contributed by atoms with van der Waals surface area (Å²) in [7, 11) is 11.2. The first-order valence-electron chi connectivity index (χ1n) is 5.93. The van der Waals surface area contributed by atoms with Gasteiger partial charge in [-0.1, -0.05) is 30.3 Å². The molecule has 0 spiro atoms. The van der Waals surface area contributed by atoms with Gasteiger partial charge in [0.15, 0.2) is 0 Å². The molecule has 0 heterocycles. The Morgan fingerprint density at radius 1 is 1.18 bits per heavy atom. The van der Waals surface area contributed by atoms with Gasteiger partial charge in [-0.25, -0.2) is 0 Å². The molecular weight excluding hydrogens is 209 g/mol. The molecule has 0 unspecified atom stereocenters. The smallest absolute Gasteiger partial charge is 0.124 e. The van der Waals surface area contributed by atoms with E-state index in [0.717, 1.165) is 12.8 Å². The predicted molar refractivity (Wildman–Crippen MR) is 74.6 cm³/mol. The van der Waals surface area contributed by atoms with Crippen LogP contribution < -0.4 is 0 Å². The van der Waals surface area contributed by atoms with E-state index < -0.39 is 0 Å². The van der Waals surface area contributed by atoms with Gasteiger partial charge in [0.2, 0.25) is 0 Å². The Balaban J connectivity index is 0.000000557.